The van der Waals surface area contributed by atoms with Crippen molar-refractivity contribution >= 4 is 11.7 Å². The van der Waals surface area contributed by atoms with E-state index < -0.39 is 47.6 Å². The molecule has 2 aromatic rings. The number of ether oxygens (including phenoxy) is 1. The molecule has 2 aromatic heterocycles. The number of rotatable bonds is 9. The number of nitrogens with two attached hydrogens (primary N) is 1. The van der Waals surface area contributed by atoms with Crippen molar-refractivity contribution in [3.05, 3.63) is 29.7 Å². The highest BCUT2D eigenvalue weighted by Crippen LogP contribution is 2.42. The van der Waals surface area contributed by atoms with Gasteiger partial charge in [-0.25, -0.2) is 14.3 Å². The lowest BCUT2D eigenvalue weighted by Gasteiger charge is -2.29. The van der Waals surface area contributed by atoms with Gasteiger partial charge >= 0.3 is 18.4 Å². The van der Waals surface area contributed by atoms with Crippen LogP contribution in [0.5, 0.6) is 0 Å². The van der Waals surface area contributed by atoms with Crippen LogP contribution in [0.2, 0.25) is 0 Å². The molecule has 2 atom stereocenters. The van der Waals surface area contributed by atoms with E-state index in [1.165, 1.54) is 16.9 Å². The molecule has 0 saturated carbocycles. The van der Waals surface area contributed by atoms with Crippen LogP contribution < -0.4 is 16.4 Å². The fourth-order valence-corrected chi connectivity index (χ4v) is 3.16. The quantitative estimate of drug-likeness (QED) is 0.385. The molecule has 0 aliphatic carbocycles. The maximum absolute atomic E-state index is 13.4. The molecule has 2 heterocycles. The van der Waals surface area contributed by atoms with Gasteiger partial charge in [-0.1, -0.05) is 13.8 Å². The van der Waals surface area contributed by atoms with Crippen molar-refractivity contribution in [2.24, 2.45) is 11.1 Å². The third-order valence-corrected chi connectivity index (χ3v) is 5.74. The van der Waals surface area contributed by atoms with E-state index >= 15 is 0 Å². The number of carbonyl (C=O) groups excluding carboxylic acids is 1. The lowest BCUT2D eigenvalue weighted by molar-refractivity contribution is -0.214. The zero-order valence-electron chi connectivity index (χ0n) is 21.6. The number of amides is 1. The van der Waals surface area contributed by atoms with Crippen LogP contribution in [0.15, 0.2) is 18.5 Å². The van der Waals surface area contributed by atoms with Crippen molar-refractivity contribution in [2.45, 2.75) is 90.5 Å². The van der Waals surface area contributed by atoms with Gasteiger partial charge in [-0.3, -0.25) is 0 Å². The number of nitrogens with one attached hydrogen (secondary N) is 2. The number of aromatic nitrogens is 3. The van der Waals surface area contributed by atoms with Gasteiger partial charge in [0.2, 0.25) is 0 Å². The molecule has 0 bridgehead atoms. The van der Waals surface area contributed by atoms with E-state index in [0.717, 1.165) is 20.8 Å². The molecule has 0 radical (unpaired) electrons. The SMILES string of the molecule is CC(C)(C)OC(=O)N[C@@H](CCC(C)(C)C(F)(F)F)c1cn2ncc(CNC[C@@](C)(N)C(F)(F)F)cc2n1. The van der Waals surface area contributed by atoms with Gasteiger partial charge in [0.05, 0.1) is 29.5 Å². The molecule has 0 spiro atoms. The number of imidazole rings is 1. The van der Waals surface area contributed by atoms with Gasteiger partial charge in [0.1, 0.15) is 11.1 Å². The largest absolute Gasteiger partial charge is 0.444 e. The predicted molar refractivity (Wildman–Crippen MR) is 125 cm³/mol. The van der Waals surface area contributed by atoms with Gasteiger partial charge in [0.25, 0.3) is 0 Å². The van der Waals surface area contributed by atoms with E-state index in [1.54, 1.807) is 26.8 Å². The molecule has 0 unspecified atom stereocenters. The third kappa shape index (κ3) is 8.45. The first kappa shape index (κ1) is 30.6. The van der Waals surface area contributed by atoms with Crippen LogP contribution in [0.1, 0.15) is 71.7 Å². The number of nitrogens with zero attached hydrogens (tertiary/aromatic N) is 3. The number of hydrogen-bond acceptors (Lipinski definition) is 6. The molecule has 8 nitrogen and oxygen atoms in total. The summed E-state index contributed by atoms with van der Waals surface area (Å²) in [4.78, 5) is 16.8. The average molecular weight is 541 g/mol. The summed E-state index contributed by atoms with van der Waals surface area (Å²) in [6.45, 7) is 7.48. The summed E-state index contributed by atoms with van der Waals surface area (Å²) in [5.74, 6) is 0. The molecule has 37 heavy (non-hydrogen) atoms. The van der Waals surface area contributed by atoms with E-state index in [0.29, 0.717) is 11.2 Å². The molecule has 2 rings (SSSR count). The first-order valence-electron chi connectivity index (χ1n) is 11.6. The Bertz CT molecular complexity index is 1070. The number of alkyl halides is 6. The maximum Gasteiger partial charge on any atom is 0.408 e. The summed E-state index contributed by atoms with van der Waals surface area (Å²) in [5, 5.41) is 9.40. The van der Waals surface area contributed by atoms with E-state index in [2.05, 4.69) is 20.7 Å². The van der Waals surface area contributed by atoms with Crippen LogP contribution in [0, 0.1) is 5.41 Å². The number of carbonyl (C=O) groups is 1. The molecule has 4 N–H and O–H groups in total. The summed E-state index contributed by atoms with van der Waals surface area (Å²) in [5.41, 5.74) is 1.13. The minimum atomic E-state index is -4.59. The lowest BCUT2D eigenvalue weighted by atomic mass is 9.85. The van der Waals surface area contributed by atoms with E-state index in [4.69, 9.17) is 10.5 Å². The van der Waals surface area contributed by atoms with Crippen LogP contribution in [0.3, 0.4) is 0 Å². The highest BCUT2D eigenvalue weighted by molar-refractivity contribution is 5.68. The van der Waals surface area contributed by atoms with Crippen molar-refractivity contribution in [1.29, 1.82) is 0 Å². The van der Waals surface area contributed by atoms with Crippen LogP contribution in [-0.2, 0) is 11.3 Å². The summed E-state index contributed by atoms with van der Waals surface area (Å²) in [7, 11) is 0. The first-order valence-corrected chi connectivity index (χ1v) is 11.6. The Labute approximate surface area is 211 Å². The van der Waals surface area contributed by atoms with Crippen molar-refractivity contribution < 1.29 is 35.9 Å². The van der Waals surface area contributed by atoms with Gasteiger partial charge in [0.15, 0.2) is 5.65 Å². The second-order valence-corrected chi connectivity index (χ2v) is 11.0. The van der Waals surface area contributed by atoms with E-state index in [-0.39, 0.29) is 25.1 Å². The van der Waals surface area contributed by atoms with Crippen LogP contribution in [-0.4, -0.2) is 50.7 Å². The Morgan fingerprint density at radius 1 is 1.08 bits per heavy atom. The highest BCUT2D eigenvalue weighted by atomic mass is 19.4. The fraction of sp³-hybridized carbons (Fsp3) is 0.696. The molecule has 0 fully saturated rings. The van der Waals surface area contributed by atoms with Gasteiger partial charge in [-0.2, -0.15) is 31.4 Å². The summed E-state index contributed by atoms with van der Waals surface area (Å²) in [6, 6.07) is 0.652. The number of halogens is 6. The smallest absolute Gasteiger partial charge is 0.408 e. The van der Waals surface area contributed by atoms with E-state index in [1.807, 2.05) is 0 Å². The second kappa shape index (κ2) is 10.6. The van der Waals surface area contributed by atoms with Crippen LogP contribution in [0.4, 0.5) is 31.1 Å². The molecule has 0 aromatic carbocycles. The fourth-order valence-electron chi connectivity index (χ4n) is 3.16. The molecular weight excluding hydrogens is 506 g/mol. The Balaban J connectivity index is 2.24. The Hall–Kier alpha value is -2.61. The van der Waals surface area contributed by atoms with Gasteiger partial charge in [-0.05, 0) is 52.2 Å². The molecule has 1 amide bonds. The van der Waals surface area contributed by atoms with Crippen molar-refractivity contribution in [3.63, 3.8) is 0 Å². The highest BCUT2D eigenvalue weighted by Gasteiger charge is 2.48. The number of alkyl carbamates (subject to hydrolysis) is 1. The monoisotopic (exact) mass is 540 g/mol. The predicted octanol–water partition coefficient (Wildman–Crippen LogP) is 5.03. The average Bonchev–Trinajstić information content (AvgIpc) is 3.11. The van der Waals surface area contributed by atoms with Crippen LogP contribution >= 0.6 is 0 Å². The van der Waals surface area contributed by atoms with Gasteiger partial charge in [-0.15, -0.1) is 0 Å². The van der Waals surface area contributed by atoms with Crippen molar-refractivity contribution in [3.8, 4) is 0 Å². The van der Waals surface area contributed by atoms with E-state index in [9.17, 15) is 31.1 Å². The maximum atomic E-state index is 13.4. The zero-order chi connectivity index (χ0) is 28.4. The standard InChI is InChI=1S/C23H34F6N6O2/c1-19(2,3)37-18(36)34-15(7-8-20(4,5)22(24,25)26)16-12-35-17(33-16)9-14(11-32-35)10-31-13-21(6,30)23(27,28)29/h9,11-12,15,31H,7-8,10,13,30H2,1-6H3,(H,34,36)/t15-,21+/m0/s1. The molecular formula is C23H34F6N6O2. The zero-order valence-corrected chi connectivity index (χ0v) is 21.6. The van der Waals surface area contributed by atoms with Crippen LogP contribution in [0.25, 0.3) is 5.65 Å². The normalized spacial score (nSPS) is 15.9. The minimum absolute atomic E-state index is 0.0217. The Morgan fingerprint density at radius 3 is 2.24 bits per heavy atom. The molecule has 0 aliphatic rings. The molecule has 0 aliphatic heterocycles. The molecule has 210 valence electrons. The van der Waals surface area contributed by atoms with Gasteiger partial charge in [0, 0.05) is 13.1 Å². The van der Waals surface area contributed by atoms with Crippen molar-refractivity contribution in [2.75, 3.05) is 6.54 Å². The number of hydrogen-bond donors (Lipinski definition) is 3. The summed E-state index contributed by atoms with van der Waals surface area (Å²) in [6.07, 6.45) is -7.35. The Morgan fingerprint density at radius 2 is 1.70 bits per heavy atom. The summed E-state index contributed by atoms with van der Waals surface area (Å²) < 4.78 is 85.6. The van der Waals surface area contributed by atoms with Gasteiger partial charge < -0.3 is 21.1 Å². The Kier molecular flexibility index (Phi) is 8.80. The topological polar surface area (TPSA) is 107 Å². The summed E-state index contributed by atoms with van der Waals surface area (Å²) >= 11 is 0. The number of fused-ring (bicyclic) bond motifs is 1. The molecule has 14 heteroatoms. The minimum Gasteiger partial charge on any atom is -0.444 e. The third-order valence-electron chi connectivity index (χ3n) is 5.74. The first-order chi connectivity index (χ1) is 16.6. The second-order valence-electron chi connectivity index (χ2n) is 11.0. The molecule has 0 saturated heterocycles. The lowest BCUT2D eigenvalue weighted by Crippen LogP contribution is -2.57. The van der Waals surface area contributed by atoms with Crippen molar-refractivity contribution in [1.82, 2.24) is 25.2 Å².